The summed E-state index contributed by atoms with van der Waals surface area (Å²) in [6.45, 7) is 8.28. The molecule has 1 fully saturated rings. The molecule has 0 bridgehead atoms. The summed E-state index contributed by atoms with van der Waals surface area (Å²) in [6.07, 6.45) is 0.881. The van der Waals surface area contributed by atoms with Gasteiger partial charge in [0.25, 0.3) is 11.8 Å². The third-order valence-electron chi connectivity index (χ3n) is 5.62. The van der Waals surface area contributed by atoms with E-state index in [9.17, 15) is 14.0 Å². The van der Waals surface area contributed by atoms with Crippen LogP contribution in [0.4, 0.5) is 15.8 Å². The van der Waals surface area contributed by atoms with E-state index < -0.39 is 0 Å². The lowest BCUT2D eigenvalue weighted by molar-refractivity contribution is -1.00. The van der Waals surface area contributed by atoms with Crippen molar-refractivity contribution < 1.29 is 23.8 Å². The van der Waals surface area contributed by atoms with E-state index in [1.54, 1.807) is 12.1 Å². The van der Waals surface area contributed by atoms with Gasteiger partial charge in [0.15, 0.2) is 13.1 Å². The zero-order chi connectivity index (χ0) is 21.5. The summed E-state index contributed by atoms with van der Waals surface area (Å²) >= 11 is 0. The van der Waals surface area contributed by atoms with Crippen LogP contribution >= 0.6 is 0 Å². The molecule has 7 heteroatoms. The van der Waals surface area contributed by atoms with E-state index in [2.05, 4.69) is 23.6 Å². The minimum absolute atomic E-state index is 0.0338. The van der Waals surface area contributed by atoms with Gasteiger partial charge in [0.05, 0.1) is 0 Å². The van der Waals surface area contributed by atoms with Crippen molar-refractivity contribution in [1.82, 2.24) is 0 Å². The van der Waals surface area contributed by atoms with Gasteiger partial charge in [-0.05, 0) is 48.7 Å². The largest absolute Gasteiger partial charge is 0.321 e. The number of piperazine rings is 1. The summed E-state index contributed by atoms with van der Waals surface area (Å²) in [6, 6.07) is 11.9. The number of aryl methyl sites for hydroxylation is 2. The van der Waals surface area contributed by atoms with Crippen molar-refractivity contribution in [3.05, 3.63) is 59.4 Å². The zero-order valence-electron chi connectivity index (χ0n) is 17.7. The number of halogens is 1. The van der Waals surface area contributed by atoms with E-state index in [4.69, 9.17) is 0 Å². The molecule has 3 rings (SSSR count). The van der Waals surface area contributed by atoms with Crippen LogP contribution < -0.4 is 20.4 Å². The average Bonchev–Trinajstić information content (AvgIpc) is 2.72. The molecule has 2 aromatic carbocycles. The van der Waals surface area contributed by atoms with E-state index in [0.29, 0.717) is 18.8 Å². The Bertz CT molecular complexity index is 877. The van der Waals surface area contributed by atoms with Crippen molar-refractivity contribution in [1.29, 1.82) is 0 Å². The first-order chi connectivity index (χ1) is 14.4. The van der Waals surface area contributed by atoms with Gasteiger partial charge in [-0.25, -0.2) is 4.39 Å². The van der Waals surface area contributed by atoms with Crippen molar-refractivity contribution in [2.75, 3.05) is 49.9 Å². The van der Waals surface area contributed by atoms with Crippen LogP contribution in [-0.4, -0.2) is 51.1 Å². The van der Waals surface area contributed by atoms with Crippen molar-refractivity contribution >= 4 is 23.2 Å². The molecule has 0 aliphatic carbocycles. The van der Waals surface area contributed by atoms with Crippen LogP contribution in [0.2, 0.25) is 0 Å². The van der Waals surface area contributed by atoms with Crippen LogP contribution in [0, 0.1) is 12.7 Å². The van der Waals surface area contributed by atoms with Gasteiger partial charge >= 0.3 is 0 Å². The predicted octanol–water partition coefficient (Wildman–Crippen LogP) is 0.0571. The Labute approximate surface area is 177 Å². The minimum atomic E-state index is -0.324. The quantitative estimate of drug-likeness (QED) is 0.518. The van der Waals surface area contributed by atoms with Crippen molar-refractivity contribution in [2.45, 2.75) is 20.3 Å². The van der Waals surface area contributed by atoms with Gasteiger partial charge in [-0.1, -0.05) is 25.1 Å². The Hall–Kier alpha value is -2.77. The summed E-state index contributed by atoms with van der Waals surface area (Å²) in [5.41, 5.74) is 3.77. The number of nitrogens with one attached hydrogen (secondary N) is 4. The van der Waals surface area contributed by atoms with Crippen LogP contribution in [0.3, 0.4) is 0 Å². The molecule has 2 aromatic rings. The highest BCUT2D eigenvalue weighted by Crippen LogP contribution is 2.20. The molecule has 6 nitrogen and oxygen atoms in total. The Morgan fingerprint density at radius 2 is 1.47 bits per heavy atom. The monoisotopic (exact) mass is 414 g/mol. The van der Waals surface area contributed by atoms with Crippen molar-refractivity contribution in [2.24, 2.45) is 0 Å². The van der Waals surface area contributed by atoms with Gasteiger partial charge < -0.3 is 20.4 Å². The highest BCUT2D eigenvalue weighted by molar-refractivity contribution is 5.93. The normalized spacial score (nSPS) is 18.6. The standard InChI is InChI=1S/C23H29FN4O2/c1-3-18-6-4-5-17(2)23(18)26-22(30)16-28-13-11-27(12-14-28)15-21(29)25-20-9-7-19(24)8-10-20/h4-10H,3,11-16H2,1-2H3,(H,25,29)(H,26,30)/p+2. The number of hydrogen-bond acceptors (Lipinski definition) is 2. The smallest absolute Gasteiger partial charge is 0.279 e. The summed E-state index contributed by atoms with van der Waals surface area (Å²) in [4.78, 5) is 27.2. The Kier molecular flexibility index (Phi) is 7.54. The first-order valence-corrected chi connectivity index (χ1v) is 10.6. The molecule has 0 aromatic heterocycles. The molecule has 160 valence electrons. The number of amides is 2. The van der Waals surface area contributed by atoms with Gasteiger partial charge in [-0.3, -0.25) is 9.59 Å². The topological polar surface area (TPSA) is 67.1 Å². The molecule has 1 heterocycles. The minimum Gasteiger partial charge on any atom is -0.321 e. The fraction of sp³-hybridized carbons (Fsp3) is 0.391. The van der Waals surface area contributed by atoms with E-state index in [1.165, 1.54) is 21.9 Å². The number of quaternary nitrogens is 2. The van der Waals surface area contributed by atoms with Crippen LogP contribution in [0.15, 0.2) is 42.5 Å². The zero-order valence-corrected chi connectivity index (χ0v) is 17.7. The lowest BCUT2D eigenvalue weighted by Crippen LogP contribution is -3.28. The van der Waals surface area contributed by atoms with E-state index in [0.717, 1.165) is 49.4 Å². The number of rotatable bonds is 7. The van der Waals surface area contributed by atoms with Crippen LogP contribution in [0.1, 0.15) is 18.1 Å². The van der Waals surface area contributed by atoms with Gasteiger partial charge in [-0.15, -0.1) is 0 Å². The highest BCUT2D eigenvalue weighted by Gasteiger charge is 2.26. The molecule has 0 unspecified atom stereocenters. The van der Waals surface area contributed by atoms with Crippen LogP contribution in [0.25, 0.3) is 0 Å². The van der Waals surface area contributed by atoms with Crippen molar-refractivity contribution in [3.8, 4) is 0 Å². The Morgan fingerprint density at radius 1 is 0.900 bits per heavy atom. The molecule has 0 atom stereocenters. The summed E-state index contributed by atoms with van der Waals surface area (Å²) in [5, 5.41) is 5.90. The second-order valence-electron chi connectivity index (χ2n) is 7.92. The lowest BCUT2D eigenvalue weighted by atomic mass is 10.1. The molecular weight excluding hydrogens is 383 g/mol. The van der Waals surface area contributed by atoms with Gasteiger partial charge in [0.1, 0.15) is 32.0 Å². The van der Waals surface area contributed by atoms with Gasteiger partial charge in [0.2, 0.25) is 0 Å². The molecule has 1 saturated heterocycles. The first kappa shape index (κ1) is 21.9. The van der Waals surface area contributed by atoms with Gasteiger partial charge in [0, 0.05) is 11.4 Å². The third kappa shape index (κ3) is 6.11. The second kappa shape index (κ2) is 10.3. The predicted molar refractivity (Wildman–Crippen MR) is 115 cm³/mol. The fourth-order valence-corrected chi connectivity index (χ4v) is 3.89. The van der Waals surface area contributed by atoms with E-state index in [1.807, 2.05) is 19.1 Å². The molecule has 4 N–H and O–H groups in total. The number of benzene rings is 2. The molecule has 1 aliphatic rings. The lowest BCUT2D eigenvalue weighted by Gasteiger charge is -2.29. The second-order valence-corrected chi connectivity index (χ2v) is 7.92. The van der Waals surface area contributed by atoms with Crippen molar-refractivity contribution in [3.63, 3.8) is 0 Å². The summed E-state index contributed by atoms with van der Waals surface area (Å²) < 4.78 is 13.0. The molecule has 30 heavy (non-hydrogen) atoms. The molecule has 1 aliphatic heterocycles. The Balaban J connectivity index is 1.42. The number of carbonyl (C=O) groups is 2. The van der Waals surface area contributed by atoms with Gasteiger partial charge in [-0.2, -0.15) is 0 Å². The van der Waals surface area contributed by atoms with E-state index in [-0.39, 0.29) is 17.6 Å². The van der Waals surface area contributed by atoms with Crippen LogP contribution in [0.5, 0.6) is 0 Å². The molecule has 2 amide bonds. The maximum absolute atomic E-state index is 13.0. The molecular formula is C23H31FN4O2+2. The molecule has 0 spiro atoms. The average molecular weight is 415 g/mol. The Morgan fingerprint density at radius 3 is 2.03 bits per heavy atom. The number of hydrogen-bond donors (Lipinski definition) is 4. The maximum atomic E-state index is 13.0. The van der Waals surface area contributed by atoms with Crippen LogP contribution in [-0.2, 0) is 16.0 Å². The molecule has 0 radical (unpaired) electrons. The third-order valence-corrected chi connectivity index (χ3v) is 5.62. The summed E-state index contributed by atoms with van der Waals surface area (Å²) in [5.74, 6) is -0.369. The fourth-order valence-electron chi connectivity index (χ4n) is 3.89. The van der Waals surface area contributed by atoms with E-state index >= 15 is 0 Å². The highest BCUT2D eigenvalue weighted by atomic mass is 19.1. The summed E-state index contributed by atoms with van der Waals surface area (Å²) in [7, 11) is 0. The SMILES string of the molecule is CCc1cccc(C)c1NC(=O)C[NH+]1CC[NH+](CC(=O)Nc2ccc(F)cc2)CC1. The number of carbonyl (C=O) groups excluding carboxylic acids is 2. The molecule has 0 saturated carbocycles. The first-order valence-electron chi connectivity index (χ1n) is 10.6. The maximum Gasteiger partial charge on any atom is 0.279 e. The number of para-hydroxylation sites is 1. The number of anilines is 2.